The zero-order chi connectivity index (χ0) is 7.40. The Bertz CT molecular complexity index is 265. The smallest absolute Gasteiger partial charge is 0.0287 e. The Morgan fingerprint density at radius 3 is 2.25 bits per heavy atom. The van der Waals surface area contributed by atoms with Crippen molar-refractivity contribution in [3.63, 3.8) is 0 Å². The van der Waals surface area contributed by atoms with Crippen LogP contribution in [0, 0.1) is 12.3 Å². The van der Waals surface area contributed by atoms with Gasteiger partial charge in [0.15, 0.2) is 0 Å². The lowest BCUT2D eigenvalue weighted by Gasteiger charge is -1.97. The summed E-state index contributed by atoms with van der Waals surface area (Å²) < 4.78 is 0. The summed E-state index contributed by atoms with van der Waals surface area (Å²) in [5.74, 6) is 2.57. The Morgan fingerprint density at radius 1 is 1.25 bits per heavy atom. The summed E-state index contributed by atoms with van der Waals surface area (Å²) in [6.45, 7) is 0.514. The monoisotopic (exact) mass is 203 g/mol. The average Bonchev–Trinajstić information content (AvgIpc) is 2.04. The molecule has 1 rings (SSSR count). The van der Waals surface area contributed by atoms with E-state index < -0.39 is 0 Å². The Labute approximate surface area is 85.2 Å². The van der Waals surface area contributed by atoms with Crippen LogP contribution in [0.3, 0.4) is 0 Å². The van der Waals surface area contributed by atoms with Crippen LogP contribution < -0.4 is 5.73 Å². The predicted octanol–water partition coefficient (Wildman–Crippen LogP) is 1.97. The number of terminal acetylenes is 1. The van der Waals surface area contributed by atoms with Crippen molar-refractivity contribution in [2.45, 2.75) is 6.54 Å². The number of benzene rings is 1. The van der Waals surface area contributed by atoms with E-state index >= 15 is 0 Å². The summed E-state index contributed by atoms with van der Waals surface area (Å²) in [4.78, 5) is 0. The molecule has 0 fully saturated rings. The molecule has 0 aromatic heterocycles. The van der Waals surface area contributed by atoms with E-state index in [1.165, 1.54) is 0 Å². The first-order chi connectivity index (χ1) is 4.88. The van der Waals surface area contributed by atoms with E-state index in [9.17, 15) is 0 Å². The first kappa shape index (κ1) is 13.9. The zero-order valence-corrected chi connectivity index (χ0v) is 8.12. The van der Waals surface area contributed by atoms with Crippen molar-refractivity contribution in [1.29, 1.82) is 0 Å². The first-order valence-corrected chi connectivity index (χ1v) is 3.13. The maximum atomic E-state index is 5.43. The second kappa shape index (κ2) is 7.00. The fourth-order valence-corrected chi connectivity index (χ4v) is 0.839. The molecule has 0 bridgehead atoms. The molecule has 0 saturated heterocycles. The van der Waals surface area contributed by atoms with Crippen LogP contribution in [0.15, 0.2) is 24.3 Å². The van der Waals surface area contributed by atoms with Crippen LogP contribution >= 0.6 is 24.8 Å². The minimum Gasteiger partial charge on any atom is -0.326 e. The van der Waals surface area contributed by atoms with Gasteiger partial charge in [0.1, 0.15) is 0 Å². The van der Waals surface area contributed by atoms with Crippen LogP contribution in [0.2, 0.25) is 0 Å². The lowest BCUT2D eigenvalue weighted by molar-refractivity contribution is 1.06. The summed E-state index contributed by atoms with van der Waals surface area (Å²) in [7, 11) is 0. The fourth-order valence-electron chi connectivity index (χ4n) is 0.839. The van der Waals surface area contributed by atoms with Gasteiger partial charge in [0.05, 0.1) is 0 Å². The van der Waals surface area contributed by atoms with E-state index in [-0.39, 0.29) is 24.8 Å². The second-order valence-electron chi connectivity index (χ2n) is 2.01. The lowest BCUT2D eigenvalue weighted by Crippen LogP contribution is -1.98. The van der Waals surface area contributed by atoms with Crippen LogP contribution in [0.25, 0.3) is 0 Å². The Balaban J connectivity index is 0. The molecule has 66 valence electrons. The molecule has 12 heavy (non-hydrogen) atoms. The highest BCUT2D eigenvalue weighted by atomic mass is 35.5. The molecule has 1 aromatic rings. The van der Waals surface area contributed by atoms with Crippen LogP contribution in [0.4, 0.5) is 0 Å². The van der Waals surface area contributed by atoms with Gasteiger partial charge in [-0.25, -0.2) is 0 Å². The SMILES string of the molecule is C#Cc1ccccc1CN.Cl.Cl. The van der Waals surface area contributed by atoms with Gasteiger partial charge in [-0.3, -0.25) is 0 Å². The molecule has 0 aliphatic carbocycles. The van der Waals surface area contributed by atoms with Gasteiger partial charge in [0, 0.05) is 12.1 Å². The van der Waals surface area contributed by atoms with Crippen molar-refractivity contribution in [2.75, 3.05) is 0 Å². The van der Waals surface area contributed by atoms with Crippen molar-refractivity contribution in [3.8, 4) is 12.3 Å². The number of hydrogen-bond donors (Lipinski definition) is 1. The van der Waals surface area contributed by atoms with Gasteiger partial charge in [-0.05, 0) is 11.6 Å². The van der Waals surface area contributed by atoms with Gasteiger partial charge >= 0.3 is 0 Å². The molecule has 3 heteroatoms. The molecule has 0 unspecified atom stereocenters. The molecule has 0 spiro atoms. The van der Waals surface area contributed by atoms with E-state index in [1.54, 1.807) is 0 Å². The molecule has 0 atom stereocenters. The highest BCUT2D eigenvalue weighted by Crippen LogP contribution is 2.04. The van der Waals surface area contributed by atoms with Crippen molar-refractivity contribution in [3.05, 3.63) is 35.4 Å². The van der Waals surface area contributed by atoms with Gasteiger partial charge in [-0.2, -0.15) is 0 Å². The molecule has 1 aromatic carbocycles. The molecule has 0 heterocycles. The van der Waals surface area contributed by atoms with E-state index in [0.29, 0.717) is 6.54 Å². The van der Waals surface area contributed by atoms with Crippen LogP contribution in [-0.4, -0.2) is 0 Å². The summed E-state index contributed by atoms with van der Waals surface area (Å²) in [5, 5.41) is 0. The van der Waals surface area contributed by atoms with Crippen LogP contribution in [0.1, 0.15) is 11.1 Å². The number of nitrogens with two attached hydrogens (primary N) is 1. The molecular formula is C9H11Cl2N. The maximum absolute atomic E-state index is 5.43. The Hall–Kier alpha value is -0.680. The topological polar surface area (TPSA) is 26.0 Å². The van der Waals surface area contributed by atoms with Gasteiger partial charge in [-0.1, -0.05) is 24.1 Å². The number of rotatable bonds is 1. The van der Waals surface area contributed by atoms with E-state index in [2.05, 4.69) is 5.92 Å². The quantitative estimate of drug-likeness (QED) is 0.695. The van der Waals surface area contributed by atoms with Gasteiger partial charge in [-0.15, -0.1) is 31.2 Å². The highest BCUT2D eigenvalue weighted by molar-refractivity contribution is 5.85. The van der Waals surface area contributed by atoms with Gasteiger partial charge in [0.2, 0.25) is 0 Å². The minimum atomic E-state index is 0. The van der Waals surface area contributed by atoms with Gasteiger partial charge in [0.25, 0.3) is 0 Å². The number of hydrogen-bond acceptors (Lipinski definition) is 1. The first-order valence-electron chi connectivity index (χ1n) is 3.13. The zero-order valence-electron chi connectivity index (χ0n) is 6.49. The largest absolute Gasteiger partial charge is 0.326 e. The third-order valence-electron chi connectivity index (χ3n) is 1.39. The molecule has 0 amide bonds. The number of halogens is 2. The van der Waals surface area contributed by atoms with Crippen LogP contribution in [-0.2, 0) is 6.54 Å². The van der Waals surface area contributed by atoms with Crippen LogP contribution in [0.5, 0.6) is 0 Å². The van der Waals surface area contributed by atoms with E-state index in [1.807, 2.05) is 24.3 Å². The molecule has 0 aliphatic heterocycles. The predicted molar refractivity (Wildman–Crippen MR) is 56.8 cm³/mol. The van der Waals surface area contributed by atoms with E-state index in [4.69, 9.17) is 12.2 Å². The molecule has 0 radical (unpaired) electrons. The van der Waals surface area contributed by atoms with Crippen molar-refractivity contribution in [1.82, 2.24) is 0 Å². The minimum absolute atomic E-state index is 0. The molecule has 1 nitrogen and oxygen atoms in total. The molecular weight excluding hydrogens is 193 g/mol. The summed E-state index contributed by atoms with van der Waals surface area (Å²) in [5.41, 5.74) is 7.36. The second-order valence-corrected chi connectivity index (χ2v) is 2.01. The average molecular weight is 204 g/mol. The highest BCUT2D eigenvalue weighted by Gasteiger charge is 1.92. The Kier molecular flexibility index (Phi) is 8.09. The van der Waals surface area contributed by atoms with Crippen molar-refractivity contribution < 1.29 is 0 Å². The molecule has 0 saturated carbocycles. The summed E-state index contributed by atoms with van der Waals surface area (Å²) >= 11 is 0. The van der Waals surface area contributed by atoms with Gasteiger partial charge < -0.3 is 5.73 Å². The third kappa shape index (κ3) is 3.15. The third-order valence-corrected chi connectivity index (χ3v) is 1.39. The van der Waals surface area contributed by atoms with Crippen molar-refractivity contribution >= 4 is 24.8 Å². The maximum Gasteiger partial charge on any atom is 0.0287 e. The summed E-state index contributed by atoms with van der Waals surface area (Å²) in [6.07, 6.45) is 5.22. The van der Waals surface area contributed by atoms with E-state index in [0.717, 1.165) is 11.1 Å². The molecule has 2 N–H and O–H groups in total. The molecule has 0 aliphatic rings. The normalized spacial score (nSPS) is 7.33. The summed E-state index contributed by atoms with van der Waals surface area (Å²) in [6, 6.07) is 7.68. The Morgan fingerprint density at radius 2 is 1.83 bits per heavy atom. The fraction of sp³-hybridized carbons (Fsp3) is 0.111. The van der Waals surface area contributed by atoms with Crippen molar-refractivity contribution in [2.24, 2.45) is 5.73 Å². The lowest BCUT2D eigenvalue weighted by atomic mass is 10.1. The standard InChI is InChI=1S/C9H9N.2ClH/c1-2-8-5-3-4-6-9(8)7-10;;/h1,3-6H,7,10H2;2*1H.